The van der Waals surface area contributed by atoms with E-state index in [9.17, 15) is 9.59 Å². The van der Waals surface area contributed by atoms with Crippen LogP contribution in [0.4, 0.5) is 0 Å². The molecule has 0 aliphatic carbocycles. The Kier molecular flexibility index (Phi) is 4.29. The number of benzene rings is 2. The highest BCUT2D eigenvalue weighted by molar-refractivity contribution is 6.08. The highest BCUT2D eigenvalue weighted by Crippen LogP contribution is 2.21. The van der Waals surface area contributed by atoms with E-state index in [0.717, 1.165) is 11.1 Å². The number of carbonyl (C=O) groups excluding carboxylic acids is 1. The number of ketones is 1. The Bertz CT molecular complexity index is 877. The fourth-order valence-corrected chi connectivity index (χ4v) is 2.71. The maximum atomic E-state index is 12.6. The van der Waals surface area contributed by atoms with Gasteiger partial charge in [-0.15, -0.1) is 0 Å². The molecule has 4 nitrogen and oxygen atoms in total. The molecule has 0 amide bonds. The van der Waals surface area contributed by atoms with Crippen LogP contribution < -0.4 is 0 Å². The van der Waals surface area contributed by atoms with Gasteiger partial charge in [0.15, 0.2) is 0 Å². The van der Waals surface area contributed by atoms with Gasteiger partial charge in [-0.25, -0.2) is 0 Å². The van der Waals surface area contributed by atoms with E-state index in [1.54, 1.807) is 35.9 Å². The first kappa shape index (κ1) is 15.7. The second-order valence-electron chi connectivity index (χ2n) is 5.61. The number of nitrogens with zero attached hydrogens (tertiary/aromatic N) is 1. The summed E-state index contributed by atoms with van der Waals surface area (Å²) in [6.07, 6.45) is -0.100. The molecule has 0 saturated heterocycles. The normalized spacial score (nSPS) is 10.5. The fourth-order valence-electron chi connectivity index (χ4n) is 2.71. The van der Waals surface area contributed by atoms with Crippen molar-refractivity contribution in [2.24, 2.45) is 7.05 Å². The lowest BCUT2D eigenvalue weighted by Crippen LogP contribution is -2.11. The van der Waals surface area contributed by atoms with Crippen LogP contribution in [0.2, 0.25) is 0 Å². The largest absolute Gasteiger partial charge is 0.481 e. The molecule has 0 bridgehead atoms. The number of rotatable bonds is 5. The first-order valence-electron chi connectivity index (χ1n) is 7.63. The fraction of sp³-hybridized carbons (Fsp3) is 0.100. The zero-order valence-corrected chi connectivity index (χ0v) is 13.3. The summed E-state index contributed by atoms with van der Waals surface area (Å²) in [4.78, 5) is 23.5. The van der Waals surface area contributed by atoms with Crippen molar-refractivity contribution in [3.63, 3.8) is 0 Å². The highest BCUT2D eigenvalue weighted by Gasteiger charge is 2.16. The van der Waals surface area contributed by atoms with Gasteiger partial charge in [-0.05, 0) is 23.3 Å². The molecule has 0 unspecified atom stereocenters. The lowest BCUT2D eigenvalue weighted by atomic mass is 10.0. The molecule has 0 spiro atoms. The van der Waals surface area contributed by atoms with Crippen molar-refractivity contribution >= 4 is 11.8 Å². The van der Waals surface area contributed by atoms with Crippen LogP contribution in [0.1, 0.15) is 21.7 Å². The first-order chi connectivity index (χ1) is 11.6. The minimum absolute atomic E-state index is 0.100. The van der Waals surface area contributed by atoms with E-state index in [-0.39, 0.29) is 12.2 Å². The second kappa shape index (κ2) is 6.54. The third-order valence-electron chi connectivity index (χ3n) is 4.04. The molecule has 0 atom stereocenters. The quantitative estimate of drug-likeness (QED) is 0.732. The molecule has 0 aliphatic heterocycles. The summed E-state index contributed by atoms with van der Waals surface area (Å²) in [6.45, 7) is 0. The smallest absolute Gasteiger partial charge is 0.309 e. The minimum atomic E-state index is -0.914. The molecule has 0 aliphatic rings. The van der Waals surface area contributed by atoms with Crippen molar-refractivity contribution in [3.8, 4) is 11.1 Å². The molecule has 120 valence electrons. The van der Waals surface area contributed by atoms with E-state index in [4.69, 9.17) is 5.11 Å². The van der Waals surface area contributed by atoms with Crippen molar-refractivity contribution in [1.82, 2.24) is 4.57 Å². The molecular weight excluding hydrogens is 302 g/mol. The Balaban J connectivity index is 1.86. The molecule has 3 aromatic rings. The molecule has 1 N–H and O–H groups in total. The van der Waals surface area contributed by atoms with Gasteiger partial charge in [0.25, 0.3) is 0 Å². The average molecular weight is 319 g/mol. The molecule has 1 heterocycles. The van der Waals surface area contributed by atoms with Gasteiger partial charge < -0.3 is 9.67 Å². The Labute approximate surface area is 140 Å². The Morgan fingerprint density at radius 2 is 1.50 bits per heavy atom. The SMILES string of the molecule is Cn1c(CC(=O)O)ccc1C(=O)c1ccc(-c2ccccc2)cc1. The summed E-state index contributed by atoms with van der Waals surface area (Å²) in [5.41, 5.74) is 3.81. The standard InChI is InChI=1S/C20H17NO3/c1-21-17(13-19(22)23)11-12-18(21)20(24)16-9-7-15(8-10-16)14-5-3-2-4-6-14/h2-12H,13H2,1H3,(H,22,23). The lowest BCUT2D eigenvalue weighted by molar-refractivity contribution is -0.136. The van der Waals surface area contributed by atoms with Crippen LogP contribution in [-0.4, -0.2) is 21.4 Å². The van der Waals surface area contributed by atoms with Crippen LogP contribution >= 0.6 is 0 Å². The van der Waals surface area contributed by atoms with Crippen molar-refractivity contribution in [2.45, 2.75) is 6.42 Å². The Morgan fingerprint density at radius 1 is 0.875 bits per heavy atom. The maximum Gasteiger partial charge on any atom is 0.309 e. The summed E-state index contributed by atoms with van der Waals surface area (Å²) in [6, 6.07) is 20.7. The molecule has 0 fully saturated rings. The van der Waals surface area contributed by atoms with Gasteiger partial charge in [0.1, 0.15) is 0 Å². The van der Waals surface area contributed by atoms with Crippen LogP contribution in [-0.2, 0) is 18.3 Å². The van der Waals surface area contributed by atoms with Crippen LogP contribution in [0.15, 0.2) is 66.7 Å². The van der Waals surface area contributed by atoms with E-state index < -0.39 is 5.97 Å². The van der Waals surface area contributed by atoms with E-state index >= 15 is 0 Å². The Hall–Kier alpha value is -3.14. The van der Waals surface area contributed by atoms with Crippen molar-refractivity contribution in [2.75, 3.05) is 0 Å². The van der Waals surface area contributed by atoms with Gasteiger partial charge in [0.05, 0.1) is 12.1 Å². The number of aromatic nitrogens is 1. The summed E-state index contributed by atoms with van der Waals surface area (Å²) >= 11 is 0. The number of hydrogen-bond donors (Lipinski definition) is 1. The molecule has 4 heteroatoms. The van der Waals surface area contributed by atoms with Crippen molar-refractivity contribution in [1.29, 1.82) is 0 Å². The Morgan fingerprint density at radius 3 is 2.12 bits per heavy atom. The number of hydrogen-bond acceptors (Lipinski definition) is 2. The third-order valence-corrected chi connectivity index (χ3v) is 4.04. The van der Waals surface area contributed by atoms with Crippen LogP contribution in [0, 0.1) is 0 Å². The molecule has 0 radical (unpaired) electrons. The second-order valence-corrected chi connectivity index (χ2v) is 5.61. The number of aliphatic carboxylic acids is 1. The topological polar surface area (TPSA) is 59.3 Å². The van der Waals surface area contributed by atoms with Gasteiger partial charge in [0.2, 0.25) is 5.78 Å². The van der Waals surface area contributed by atoms with Gasteiger partial charge in [-0.3, -0.25) is 9.59 Å². The van der Waals surface area contributed by atoms with Crippen molar-refractivity contribution < 1.29 is 14.7 Å². The van der Waals surface area contributed by atoms with Gasteiger partial charge in [-0.1, -0.05) is 54.6 Å². The minimum Gasteiger partial charge on any atom is -0.481 e. The van der Waals surface area contributed by atoms with Gasteiger partial charge in [0, 0.05) is 18.3 Å². The molecule has 0 saturated carbocycles. The van der Waals surface area contributed by atoms with Crippen LogP contribution in [0.5, 0.6) is 0 Å². The molecule has 24 heavy (non-hydrogen) atoms. The predicted octanol–water partition coefficient (Wildman–Crippen LogP) is 3.55. The number of carboxylic acid groups (broad SMARTS) is 1. The van der Waals surface area contributed by atoms with E-state index in [1.807, 2.05) is 42.5 Å². The highest BCUT2D eigenvalue weighted by atomic mass is 16.4. The molecular formula is C20H17NO3. The zero-order chi connectivity index (χ0) is 17.1. The van der Waals surface area contributed by atoms with E-state index in [1.165, 1.54) is 0 Å². The number of carboxylic acids is 1. The molecule has 2 aromatic carbocycles. The van der Waals surface area contributed by atoms with Crippen molar-refractivity contribution in [3.05, 3.63) is 83.7 Å². The lowest BCUT2D eigenvalue weighted by Gasteiger charge is -2.07. The zero-order valence-electron chi connectivity index (χ0n) is 13.3. The van der Waals surface area contributed by atoms with Gasteiger partial charge in [-0.2, -0.15) is 0 Å². The molecule has 3 rings (SSSR count). The predicted molar refractivity (Wildman–Crippen MR) is 92.1 cm³/mol. The summed E-state index contributed by atoms with van der Waals surface area (Å²) < 4.78 is 1.64. The van der Waals surface area contributed by atoms with E-state index in [0.29, 0.717) is 17.0 Å². The van der Waals surface area contributed by atoms with Gasteiger partial charge >= 0.3 is 5.97 Å². The van der Waals surface area contributed by atoms with E-state index in [2.05, 4.69) is 0 Å². The number of carbonyl (C=O) groups is 2. The molecule has 1 aromatic heterocycles. The maximum absolute atomic E-state index is 12.6. The monoisotopic (exact) mass is 319 g/mol. The third kappa shape index (κ3) is 3.13. The average Bonchev–Trinajstić information content (AvgIpc) is 2.95. The first-order valence-corrected chi connectivity index (χ1v) is 7.63. The summed E-state index contributed by atoms with van der Waals surface area (Å²) in [5.74, 6) is -1.03. The summed E-state index contributed by atoms with van der Waals surface area (Å²) in [5, 5.41) is 8.90. The summed E-state index contributed by atoms with van der Waals surface area (Å²) in [7, 11) is 1.71. The van der Waals surface area contributed by atoms with Crippen LogP contribution in [0.25, 0.3) is 11.1 Å². The van der Waals surface area contributed by atoms with Crippen LogP contribution in [0.3, 0.4) is 0 Å².